The minimum Gasteiger partial charge on any atom is -0.383 e. The lowest BCUT2D eigenvalue weighted by Gasteiger charge is -2.29. The quantitative estimate of drug-likeness (QED) is 0.307. The topological polar surface area (TPSA) is 111 Å². The maximum absolute atomic E-state index is 13.6. The van der Waals surface area contributed by atoms with E-state index in [1.165, 1.54) is 18.5 Å². The molecular formula is C32H32FN7O2. The van der Waals surface area contributed by atoms with Crippen molar-refractivity contribution in [2.45, 2.75) is 19.4 Å². The van der Waals surface area contributed by atoms with Crippen LogP contribution in [0.2, 0.25) is 0 Å². The number of fused-ring (bicyclic) bond motifs is 1. The third kappa shape index (κ3) is 5.40. The number of rotatable bonds is 6. The lowest BCUT2D eigenvalue weighted by Crippen LogP contribution is -2.32. The van der Waals surface area contributed by atoms with Gasteiger partial charge in [0, 0.05) is 49.0 Å². The van der Waals surface area contributed by atoms with Crippen molar-refractivity contribution in [2.75, 3.05) is 31.2 Å². The van der Waals surface area contributed by atoms with E-state index in [4.69, 9.17) is 5.73 Å². The van der Waals surface area contributed by atoms with Crippen LogP contribution in [0.15, 0.2) is 78.2 Å². The van der Waals surface area contributed by atoms with Gasteiger partial charge in [0.25, 0.3) is 5.91 Å². The van der Waals surface area contributed by atoms with Crippen LogP contribution in [-0.2, 0) is 13.6 Å². The normalized spacial score (nSPS) is 14.4. The van der Waals surface area contributed by atoms with Crippen LogP contribution in [0, 0.1) is 11.7 Å². The van der Waals surface area contributed by atoms with Crippen molar-refractivity contribution < 1.29 is 9.18 Å². The van der Waals surface area contributed by atoms with E-state index in [1.54, 1.807) is 36.7 Å². The monoisotopic (exact) mass is 565 g/mol. The number of hydrogen-bond acceptors (Lipinski definition) is 6. The third-order valence-electron chi connectivity index (χ3n) is 8.02. The Balaban J connectivity index is 1.30. The highest BCUT2D eigenvalue weighted by Gasteiger charge is 2.21. The van der Waals surface area contributed by atoms with Crippen LogP contribution in [0.3, 0.4) is 0 Å². The first-order valence-corrected chi connectivity index (χ1v) is 13.9. The van der Waals surface area contributed by atoms with Crippen molar-refractivity contribution in [3.05, 3.63) is 95.1 Å². The molecule has 1 aliphatic rings. The summed E-state index contributed by atoms with van der Waals surface area (Å²) in [6.45, 7) is 2.71. The zero-order valence-electron chi connectivity index (χ0n) is 23.5. The molecule has 0 aliphatic carbocycles. The summed E-state index contributed by atoms with van der Waals surface area (Å²) in [6.07, 6.45) is 8.87. The molecule has 2 aromatic carbocycles. The van der Waals surface area contributed by atoms with Gasteiger partial charge in [-0.3, -0.25) is 9.59 Å². The van der Waals surface area contributed by atoms with Crippen molar-refractivity contribution in [3.63, 3.8) is 0 Å². The molecule has 0 unspecified atom stereocenters. The Morgan fingerprint density at radius 1 is 0.952 bits per heavy atom. The lowest BCUT2D eigenvalue weighted by atomic mass is 9.96. The number of hydrogen-bond donors (Lipinski definition) is 2. The molecule has 10 heteroatoms. The van der Waals surface area contributed by atoms with Gasteiger partial charge in [-0.15, -0.1) is 0 Å². The molecule has 3 N–H and O–H groups in total. The zero-order valence-corrected chi connectivity index (χ0v) is 23.5. The third-order valence-corrected chi connectivity index (χ3v) is 8.02. The molecule has 1 fully saturated rings. The molecule has 214 valence electrons. The van der Waals surface area contributed by atoms with E-state index in [1.807, 2.05) is 34.5 Å². The second kappa shape index (κ2) is 11.2. The van der Waals surface area contributed by atoms with Gasteiger partial charge in [-0.05, 0) is 74.3 Å². The van der Waals surface area contributed by atoms with E-state index in [9.17, 15) is 14.0 Å². The van der Waals surface area contributed by atoms with E-state index >= 15 is 0 Å². The fourth-order valence-electron chi connectivity index (χ4n) is 5.66. The SMILES string of the molecule is CN1CCC(Cn2cc(C(=O)Nc3ccc(-c4cn(C)c5ncnc(N)c45)cc3)c(=O)c(-c3ccc(F)cc3)c2)CC1. The number of halogens is 1. The highest BCUT2D eigenvalue weighted by atomic mass is 19.1. The summed E-state index contributed by atoms with van der Waals surface area (Å²) in [4.78, 5) is 37.8. The lowest BCUT2D eigenvalue weighted by molar-refractivity contribution is 0.102. The van der Waals surface area contributed by atoms with Gasteiger partial charge in [0.2, 0.25) is 5.43 Å². The van der Waals surface area contributed by atoms with Gasteiger partial charge in [-0.25, -0.2) is 14.4 Å². The number of nitrogens with two attached hydrogens (primary N) is 1. The van der Waals surface area contributed by atoms with Crippen LogP contribution in [-0.4, -0.2) is 50.0 Å². The largest absolute Gasteiger partial charge is 0.383 e. The number of nitrogens with zero attached hydrogens (tertiary/aromatic N) is 5. The number of aromatic nitrogens is 4. The Labute approximate surface area is 242 Å². The van der Waals surface area contributed by atoms with E-state index in [2.05, 4.69) is 27.2 Å². The summed E-state index contributed by atoms with van der Waals surface area (Å²) in [7, 11) is 4.01. The number of piperidine rings is 1. The molecule has 1 aliphatic heterocycles. The maximum Gasteiger partial charge on any atom is 0.261 e. The molecule has 6 rings (SSSR count). The molecular weight excluding hydrogens is 533 g/mol. The number of anilines is 2. The average molecular weight is 566 g/mol. The Kier molecular flexibility index (Phi) is 7.30. The maximum atomic E-state index is 13.6. The summed E-state index contributed by atoms with van der Waals surface area (Å²) in [6, 6.07) is 13.1. The highest BCUT2D eigenvalue weighted by molar-refractivity contribution is 6.05. The predicted octanol–water partition coefficient (Wildman–Crippen LogP) is 4.78. The van der Waals surface area contributed by atoms with Gasteiger partial charge < -0.3 is 25.1 Å². The minimum atomic E-state index is -0.503. The number of pyridine rings is 1. The number of carbonyl (C=O) groups is 1. The summed E-state index contributed by atoms with van der Waals surface area (Å²) in [5.41, 5.74) is 9.75. The molecule has 1 saturated heterocycles. The standard InChI is InChI=1S/C32H32FN7O2/c1-38-13-11-20(12-14-38)15-40-17-26(22-3-7-23(33)8-4-22)29(41)27(18-40)32(42)37-24-9-5-21(6-10-24)25-16-39(2)31-28(25)30(34)35-19-36-31/h3-10,16-20H,11-15H2,1-2H3,(H,37,42)(H2,34,35,36). The number of likely N-dealkylation sites (tertiary alicyclic amines) is 1. The highest BCUT2D eigenvalue weighted by Crippen LogP contribution is 2.32. The van der Waals surface area contributed by atoms with Crippen molar-refractivity contribution in [1.29, 1.82) is 0 Å². The second-order valence-electron chi connectivity index (χ2n) is 11.0. The molecule has 0 saturated carbocycles. The molecule has 4 heterocycles. The Morgan fingerprint density at radius 3 is 2.33 bits per heavy atom. The smallest absolute Gasteiger partial charge is 0.261 e. The van der Waals surface area contributed by atoms with Crippen LogP contribution in [0.1, 0.15) is 23.2 Å². The fourth-order valence-corrected chi connectivity index (χ4v) is 5.66. The molecule has 0 atom stereocenters. The molecule has 5 aromatic rings. The number of amides is 1. The van der Waals surface area contributed by atoms with Crippen LogP contribution in [0.4, 0.5) is 15.9 Å². The predicted molar refractivity (Wildman–Crippen MR) is 163 cm³/mol. The van der Waals surface area contributed by atoms with Gasteiger partial charge in [-0.2, -0.15) is 0 Å². The Bertz CT molecular complexity index is 1820. The molecule has 0 spiro atoms. The zero-order chi connectivity index (χ0) is 29.4. The molecule has 1 amide bonds. The number of nitrogens with one attached hydrogen (secondary N) is 1. The summed E-state index contributed by atoms with van der Waals surface area (Å²) < 4.78 is 17.5. The summed E-state index contributed by atoms with van der Waals surface area (Å²) in [5.74, 6) is -0.0645. The van der Waals surface area contributed by atoms with Crippen molar-refractivity contribution in [1.82, 2.24) is 24.0 Å². The van der Waals surface area contributed by atoms with Gasteiger partial charge in [0.1, 0.15) is 29.2 Å². The van der Waals surface area contributed by atoms with Crippen LogP contribution in [0.25, 0.3) is 33.3 Å². The average Bonchev–Trinajstić information content (AvgIpc) is 3.33. The number of benzene rings is 2. The number of nitrogen functional groups attached to an aromatic ring is 1. The first kappa shape index (κ1) is 27.3. The van der Waals surface area contributed by atoms with E-state index in [0.717, 1.165) is 48.1 Å². The molecule has 0 bridgehead atoms. The fraction of sp³-hybridized carbons (Fsp3) is 0.250. The number of aryl methyl sites for hydroxylation is 1. The number of carbonyl (C=O) groups excluding carboxylic acids is 1. The van der Waals surface area contributed by atoms with Crippen LogP contribution in [0.5, 0.6) is 0 Å². The Hall–Kier alpha value is -4.83. The van der Waals surface area contributed by atoms with Gasteiger partial charge in [0.15, 0.2) is 0 Å². The first-order chi connectivity index (χ1) is 20.3. The first-order valence-electron chi connectivity index (χ1n) is 13.9. The van der Waals surface area contributed by atoms with E-state index in [0.29, 0.717) is 35.1 Å². The van der Waals surface area contributed by atoms with Gasteiger partial charge in [0.05, 0.1) is 5.39 Å². The molecule has 3 aromatic heterocycles. The van der Waals surface area contributed by atoms with Crippen LogP contribution >= 0.6 is 0 Å². The van der Waals surface area contributed by atoms with Crippen molar-refractivity contribution in [3.8, 4) is 22.3 Å². The summed E-state index contributed by atoms with van der Waals surface area (Å²) in [5, 5.41) is 3.65. The van der Waals surface area contributed by atoms with Crippen LogP contribution < -0.4 is 16.5 Å². The van der Waals surface area contributed by atoms with E-state index < -0.39 is 11.3 Å². The van der Waals surface area contributed by atoms with E-state index in [-0.39, 0.29) is 11.4 Å². The van der Waals surface area contributed by atoms with Crippen molar-refractivity contribution >= 4 is 28.4 Å². The molecule has 9 nitrogen and oxygen atoms in total. The molecule has 0 radical (unpaired) electrons. The summed E-state index contributed by atoms with van der Waals surface area (Å²) >= 11 is 0. The van der Waals surface area contributed by atoms with Gasteiger partial charge in [-0.1, -0.05) is 24.3 Å². The van der Waals surface area contributed by atoms with Gasteiger partial charge >= 0.3 is 0 Å². The molecule has 42 heavy (non-hydrogen) atoms. The second-order valence-corrected chi connectivity index (χ2v) is 11.0. The van der Waals surface area contributed by atoms with Crippen molar-refractivity contribution in [2.24, 2.45) is 13.0 Å². The minimum absolute atomic E-state index is 0.0350. The Morgan fingerprint density at radius 2 is 1.62 bits per heavy atom.